The maximum absolute atomic E-state index is 12.6. The van der Waals surface area contributed by atoms with Crippen molar-refractivity contribution in [3.8, 4) is 0 Å². The maximum Gasteiger partial charge on any atom is 0.228 e. The van der Waals surface area contributed by atoms with E-state index in [1.165, 1.54) is 0 Å². The minimum absolute atomic E-state index is 0.195. The zero-order valence-corrected chi connectivity index (χ0v) is 11.6. The molecule has 98 valence electrons. The zero-order chi connectivity index (χ0) is 12.6. The van der Waals surface area contributed by atoms with E-state index in [0.29, 0.717) is 23.8 Å². The van der Waals surface area contributed by atoms with Crippen LogP contribution in [0, 0.1) is 17.3 Å². The first kappa shape index (κ1) is 12.9. The molecule has 1 amide bonds. The third kappa shape index (κ3) is 2.10. The van der Waals surface area contributed by atoms with E-state index in [2.05, 4.69) is 37.9 Å². The maximum atomic E-state index is 12.6. The molecule has 3 nitrogen and oxygen atoms in total. The zero-order valence-electron chi connectivity index (χ0n) is 11.6. The Balaban J connectivity index is 2.14. The predicted molar refractivity (Wildman–Crippen MR) is 69.7 cm³/mol. The highest BCUT2D eigenvalue weighted by Crippen LogP contribution is 2.37. The van der Waals surface area contributed by atoms with Gasteiger partial charge in [0.1, 0.15) is 0 Å². The number of fused-ring (bicyclic) bond motifs is 1. The topological polar surface area (TPSA) is 32.3 Å². The largest absolute Gasteiger partial charge is 0.339 e. The first-order chi connectivity index (χ1) is 8.01. The molecular weight excluding hydrogens is 212 g/mol. The van der Waals surface area contributed by atoms with Gasteiger partial charge in [0.25, 0.3) is 0 Å². The highest BCUT2D eigenvalue weighted by Gasteiger charge is 2.47. The fourth-order valence-electron chi connectivity index (χ4n) is 3.32. The Morgan fingerprint density at radius 1 is 1.35 bits per heavy atom. The van der Waals surface area contributed by atoms with Crippen molar-refractivity contribution in [2.24, 2.45) is 17.3 Å². The molecule has 1 N–H and O–H groups in total. The van der Waals surface area contributed by atoms with Crippen molar-refractivity contribution in [3.63, 3.8) is 0 Å². The number of rotatable bonds is 3. The Morgan fingerprint density at radius 2 is 2.06 bits per heavy atom. The monoisotopic (exact) mass is 238 g/mol. The van der Waals surface area contributed by atoms with E-state index in [1.807, 2.05) is 0 Å². The molecule has 0 radical (unpaired) electrons. The fraction of sp³-hybridized carbons (Fsp3) is 0.929. The van der Waals surface area contributed by atoms with Crippen molar-refractivity contribution < 1.29 is 4.79 Å². The molecular formula is C14H26N2O. The van der Waals surface area contributed by atoms with E-state index in [4.69, 9.17) is 0 Å². The molecule has 0 aliphatic carbocycles. The highest BCUT2D eigenvalue weighted by atomic mass is 16.2. The molecule has 2 heterocycles. The Morgan fingerprint density at radius 3 is 2.65 bits per heavy atom. The van der Waals surface area contributed by atoms with Gasteiger partial charge in [-0.15, -0.1) is 0 Å². The van der Waals surface area contributed by atoms with Gasteiger partial charge >= 0.3 is 0 Å². The average molecular weight is 238 g/mol. The summed E-state index contributed by atoms with van der Waals surface area (Å²) < 4.78 is 0. The summed E-state index contributed by atoms with van der Waals surface area (Å²) in [5, 5.41) is 3.46. The summed E-state index contributed by atoms with van der Waals surface area (Å²) in [5.74, 6) is 1.74. The van der Waals surface area contributed by atoms with Crippen LogP contribution < -0.4 is 5.32 Å². The van der Waals surface area contributed by atoms with Crippen LogP contribution in [0.5, 0.6) is 0 Å². The molecule has 2 fully saturated rings. The lowest BCUT2D eigenvalue weighted by atomic mass is 9.87. The van der Waals surface area contributed by atoms with E-state index in [9.17, 15) is 4.79 Å². The first-order valence-electron chi connectivity index (χ1n) is 7.03. The van der Waals surface area contributed by atoms with Crippen LogP contribution in [-0.4, -0.2) is 36.5 Å². The van der Waals surface area contributed by atoms with E-state index in [-0.39, 0.29) is 5.41 Å². The standard InChI is InChI=1S/C14H26N2O/c1-5-12-11-8-15-7-10(11)9-16(12)13(17)14(3,4)6-2/h10-12,15H,5-9H2,1-4H3. The van der Waals surface area contributed by atoms with Crippen LogP contribution >= 0.6 is 0 Å². The van der Waals surface area contributed by atoms with Gasteiger partial charge in [-0.3, -0.25) is 4.79 Å². The summed E-state index contributed by atoms with van der Waals surface area (Å²) in [7, 11) is 0. The van der Waals surface area contributed by atoms with Crippen LogP contribution in [0.15, 0.2) is 0 Å². The van der Waals surface area contributed by atoms with E-state index >= 15 is 0 Å². The van der Waals surface area contributed by atoms with Gasteiger partial charge in [0.15, 0.2) is 0 Å². The molecule has 3 atom stereocenters. The number of hydrogen-bond donors (Lipinski definition) is 1. The van der Waals surface area contributed by atoms with Crippen LogP contribution in [0.4, 0.5) is 0 Å². The number of amides is 1. The third-order valence-corrected chi connectivity index (χ3v) is 4.86. The van der Waals surface area contributed by atoms with Gasteiger partial charge in [-0.05, 0) is 24.7 Å². The quantitative estimate of drug-likeness (QED) is 0.814. The average Bonchev–Trinajstić information content (AvgIpc) is 2.87. The van der Waals surface area contributed by atoms with E-state index < -0.39 is 0 Å². The Hall–Kier alpha value is -0.570. The van der Waals surface area contributed by atoms with Gasteiger partial charge in [-0.1, -0.05) is 27.7 Å². The second-order valence-electron chi connectivity index (χ2n) is 6.25. The number of nitrogens with zero attached hydrogens (tertiary/aromatic N) is 1. The normalized spacial score (nSPS) is 32.9. The summed E-state index contributed by atoms with van der Waals surface area (Å²) in [6, 6.07) is 0.466. The van der Waals surface area contributed by atoms with Crippen molar-refractivity contribution in [2.75, 3.05) is 19.6 Å². The van der Waals surface area contributed by atoms with E-state index in [0.717, 1.165) is 32.5 Å². The molecule has 0 aromatic rings. The molecule has 17 heavy (non-hydrogen) atoms. The number of carbonyl (C=O) groups is 1. The van der Waals surface area contributed by atoms with Gasteiger partial charge in [0.2, 0.25) is 5.91 Å². The molecule has 0 aromatic carbocycles. The molecule has 3 unspecified atom stereocenters. The van der Waals surface area contributed by atoms with Crippen molar-refractivity contribution in [3.05, 3.63) is 0 Å². The SMILES string of the molecule is CCC1C2CNCC2CN1C(=O)C(C)(C)CC. The van der Waals surface area contributed by atoms with Crippen LogP contribution in [0.2, 0.25) is 0 Å². The number of carbonyl (C=O) groups excluding carboxylic acids is 1. The summed E-state index contributed by atoms with van der Waals surface area (Å²) in [5.41, 5.74) is -0.195. The van der Waals surface area contributed by atoms with Crippen LogP contribution in [0.25, 0.3) is 0 Å². The molecule has 2 aliphatic rings. The van der Waals surface area contributed by atoms with Crippen molar-refractivity contribution >= 4 is 5.91 Å². The number of nitrogens with one attached hydrogen (secondary N) is 1. The van der Waals surface area contributed by atoms with Gasteiger partial charge in [-0.2, -0.15) is 0 Å². The molecule has 2 rings (SSSR count). The lowest BCUT2D eigenvalue weighted by molar-refractivity contribution is -0.142. The summed E-state index contributed by atoms with van der Waals surface area (Å²) >= 11 is 0. The summed E-state index contributed by atoms with van der Waals surface area (Å²) in [6.07, 6.45) is 2.01. The van der Waals surface area contributed by atoms with Gasteiger partial charge in [-0.25, -0.2) is 0 Å². The minimum Gasteiger partial charge on any atom is -0.339 e. The van der Waals surface area contributed by atoms with Crippen molar-refractivity contribution in [1.82, 2.24) is 10.2 Å². The molecule has 0 aromatic heterocycles. The van der Waals surface area contributed by atoms with E-state index in [1.54, 1.807) is 0 Å². The fourth-order valence-corrected chi connectivity index (χ4v) is 3.32. The third-order valence-electron chi connectivity index (χ3n) is 4.86. The summed E-state index contributed by atoms with van der Waals surface area (Å²) in [6.45, 7) is 11.6. The minimum atomic E-state index is -0.195. The molecule has 2 aliphatic heterocycles. The Labute approximate surface area is 105 Å². The first-order valence-corrected chi connectivity index (χ1v) is 7.03. The van der Waals surface area contributed by atoms with Crippen LogP contribution in [0.1, 0.15) is 40.5 Å². The second-order valence-corrected chi connectivity index (χ2v) is 6.25. The lowest BCUT2D eigenvalue weighted by Gasteiger charge is -2.33. The molecule has 0 bridgehead atoms. The number of hydrogen-bond acceptors (Lipinski definition) is 2. The lowest BCUT2D eigenvalue weighted by Crippen LogP contribution is -2.45. The second kappa shape index (κ2) is 4.60. The van der Waals surface area contributed by atoms with Crippen LogP contribution in [-0.2, 0) is 4.79 Å². The highest BCUT2D eigenvalue weighted by molar-refractivity contribution is 5.82. The van der Waals surface area contributed by atoms with Crippen molar-refractivity contribution in [1.29, 1.82) is 0 Å². The van der Waals surface area contributed by atoms with Gasteiger partial charge in [0, 0.05) is 31.1 Å². The van der Waals surface area contributed by atoms with Crippen molar-refractivity contribution in [2.45, 2.75) is 46.6 Å². The number of likely N-dealkylation sites (tertiary alicyclic amines) is 1. The molecule has 3 heteroatoms. The Bertz CT molecular complexity index is 301. The summed E-state index contributed by atoms with van der Waals surface area (Å²) in [4.78, 5) is 14.8. The molecule has 0 spiro atoms. The molecule has 2 saturated heterocycles. The molecule has 0 saturated carbocycles. The van der Waals surface area contributed by atoms with Gasteiger partial charge < -0.3 is 10.2 Å². The predicted octanol–water partition coefficient (Wildman–Crippen LogP) is 1.88. The van der Waals surface area contributed by atoms with Crippen LogP contribution in [0.3, 0.4) is 0 Å². The smallest absolute Gasteiger partial charge is 0.228 e. The van der Waals surface area contributed by atoms with Gasteiger partial charge in [0.05, 0.1) is 0 Å². The Kier molecular flexibility index (Phi) is 3.48.